The van der Waals surface area contributed by atoms with Crippen LogP contribution in [0.1, 0.15) is 70.3 Å². The van der Waals surface area contributed by atoms with Gasteiger partial charge in [0.2, 0.25) is 0 Å². The second-order valence-corrected chi connectivity index (χ2v) is 8.55. The molecule has 0 atom stereocenters. The van der Waals surface area contributed by atoms with E-state index in [9.17, 15) is 9.59 Å². The van der Waals surface area contributed by atoms with Crippen molar-refractivity contribution >= 4 is 44.9 Å². The van der Waals surface area contributed by atoms with Gasteiger partial charge in [-0.3, -0.25) is 0 Å². The lowest BCUT2D eigenvalue weighted by atomic mass is 10.1. The Labute approximate surface area is 167 Å². The Kier molecular flexibility index (Phi) is 8.17. The van der Waals surface area contributed by atoms with E-state index in [2.05, 4.69) is 14.7 Å². The predicted octanol–water partition coefficient (Wildman–Crippen LogP) is 3.67. The number of nitrogens with two attached hydrogens (primary N) is 1. The molecule has 2 aromatic rings. The average molecular weight is 415 g/mol. The van der Waals surface area contributed by atoms with Crippen molar-refractivity contribution in [1.82, 2.24) is 9.97 Å². The van der Waals surface area contributed by atoms with Crippen molar-refractivity contribution in [3.8, 4) is 0 Å². The molecule has 0 saturated carbocycles. The zero-order valence-corrected chi connectivity index (χ0v) is 18.2. The lowest BCUT2D eigenvalue weighted by Gasteiger charge is -2.05. The summed E-state index contributed by atoms with van der Waals surface area (Å²) in [5.74, 6) is -0.925. The molecule has 150 valence electrons. The third kappa shape index (κ3) is 5.90. The molecule has 0 unspecified atom stereocenters. The number of hydrogen-bond donors (Lipinski definition) is 2. The molecule has 8 nitrogen and oxygen atoms in total. The molecule has 0 bridgehead atoms. The molecule has 2 rings (SSSR count). The summed E-state index contributed by atoms with van der Waals surface area (Å²) in [5.41, 5.74) is 6.05. The standard InChI is InChI=1S/C9H14N2O2S.C8H12N2O2S/c1-5(2)7-6(8(12)13)10-9(14-7)11(3)4;1-4(2)6-5(7(11)12-3)10-8(9)13-6/h5H,1-4H3,(H,12,13);4H,1-3H3,(H2,9,10). The van der Waals surface area contributed by atoms with E-state index in [1.807, 2.05) is 46.7 Å². The maximum atomic E-state index is 11.2. The van der Waals surface area contributed by atoms with Gasteiger partial charge in [-0.25, -0.2) is 19.6 Å². The highest BCUT2D eigenvalue weighted by molar-refractivity contribution is 7.16. The quantitative estimate of drug-likeness (QED) is 0.711. The number of nitrogen functional groups attached to an aromatic ring is 1. The van der Waals surface area contributed by atoms with Crippen molar-refractivity contribution in [1.29, 1.82) is 0 Å². The minimum atomic E-state index is -0.946. The number of anilines is 2. The lowest BCUT2D eigenvalue weighted by molar-refractivity contribution is 0.0592. The van der Waals surface area contributed by atoms with Gasteiger partial charge in [0.15, 0.2) is 21.7 Å². The van der Waals surface area contributed by atoms with Crippen LogP contribution in [-0.4, -0.2) is 48.2 Å². The van der Waals surface area contributed by atoms with E-state index in [1.54, 1.807) is 0 Å². The van der Waals surface area contributed by atoms with Crippen molar-refractivity contribution in [3.05, 3.63) is 21.1 Å². The smallest absolute Gasteiger partial charge is 0.357 e. The van der Waals surface area contributed by atoms with Crippen LogP contribution >= 0.6 is 22.7 Å². The first-order valence-electron chi connectivity index (χ1n) is 8.25. The molecule has 10 heteroatoms. The molecule has 0 aliphatic heterocycles. The number of ether oxygens (including phenoxy) is 1. The largest absolute Gasteiger partial charge is 0.476 e. The number of methoxy groups -OCH3 is 1. The van der Waals surface area contributed by atoms with E-state index in [-0.39, 0.29) is 17.5 Å². The number of carboxylic acids is 1. The second-order valence-electron chi connectivity index (χ2n) is 6.47. The van der Waals surface area contributed by atoms with E-state index in [0.29, 0.717) is 10.8 Å². The molecule has 0 fully saturated rings. The maximum absolute atomic E-state index is 11.2. The van der Waals surface area contributed by atoms with Gasteiger partial charge < -0.3 is 20.5 Å². The van der Waals surface area contributed by atoms with Gasteiger partial charge in [0.1, 0.15) is 0 Å². The second kappa shape index (κ2) is 9.65. The first kappa shape index (κ1) is 22.8. The van der Waals surface area contributed by atoms with Gasteiger partial charge in [0.25, 0.3) is 0 Å². The van der Waals surface area contributed by atoms with E-state index >= 15 is 0 Å². The van der Waals surface area contributed by atoms with Crippen LogP contribution in [0.5, 0.6) is 0 Å². The van der Waals surface area contributed by atoms with Crippen LogP contribution in [0.2, 0.25) is 0 Å². The van der Waals surface area contributed by atoms with Crippen molar-refractivity contribution in [2.45, 2.75) is 39.5 Å². The van der Waals surface area contributed by atoms with Gasteiger partial charge in [0, 0.05) is 23.8 Å². The summed E-state index contributed by atoms with van der Waals surface area (Å²) in [5, 5.41) is 10.1. The number of aromatic nitrogens is 2. The Morgan fingerprint density at radius 3 is 1.93 bits per heavy atom. The first-order chi connectivity index (χ1) is 12.5. The molecule has 0 radical (unpaired) electrons. The zero-order chi connectivity index (χ0) is 20.9. The normalized spacial score (nSPS) is 10.6. The summed E-state index contributed by atoms with van der Waals surface area (Å²) < 4.78 is 4.59. The molecule has 3 N–H and O–H groups in total. The van der Waals surface area contributed by atoms with Crippen LogP contribution in [0.15, 0.2) is 0 Å². The van der Waals surface area contributed by atoms with Crippen molar-refractivity contribution in [2.75, 3.05) is 31.8 Å². The minimum Gasteiger partial charge on any atom is -0.476 e. The Hall–Kier alpha value is -2.20. The molecule has 0 spiro atoms. The number of carbonyl (C=O) groups excluding carboxylic acids is 1. The zero-order valence-electron chi connectivity index (χ0n) is 16.6. The fraction of sp³-hybridized carbons (Fsp3) is 0.529. The summed E-state index contributed by atoms with van der Waals surface area (Å²) >= 11 is 2.77. The summed E-state index contributed by atoms with van der Waals surface area (Å²) in [6.07, 6.45) is 0. The summed E-state index contributed by atoms with van der Waals surface area (Å²) in [7, 11) is 5.05. The third-order valence-electron chi connectivity index (χ3n) is 3.32. The molecule has 0 amide bonds. The van der Waals surface area contributed by atoms with E-state index in [1.165, 1.54) is 29.8 Å². The lowest BCUT2D eigenvalue weighted by Crippen LogP contribution is -2.08. The summed E-state index contributed by atoms with van der Waals surface area (Å²) in [4.78, 5) is 33.6. The van der Waals surface area contributed by atoms with Gasteiger partial charge in [0.05, 0.1) is 7.11 Å². The number of carbonyl (C=O) groups is 2. The first-order valence-corrected chi connectivity index (χ1v) is 9.88. The van der Waals surface area contributed by atoms with E-state index in [0.717, 1.165) is 14.9 Å². The monoisotopic (exact) mass is 414 g/mol. The third-order valence-corrected chi connectivity index (χ3v) is 6.03. The highest BCUT2D eigenvalue weighted by Gasteiger charge is 2.20. The number of hydrogen-bond acceptors (Lipinski definition) is 9. The number of thiazole rings is 2. The molecule has 0 aliphatic rings. The van der Waals surface area contributed by atoms with Crippen LogP contribution in [0, 0.1) is 0 Å². The number of esters is 1. The summed E-state index contributed by atoms with van der Waals surface area (Å²) in [6.45, 7) is 7.91. The van der Waals surface area contributed by atoms with Gasteiger partial charge in [-0.2, -0.15) is 0 Å². The van der Waals surface area contributed by atoms with Crippen LogP contribution in [0.4, 0.5) is 10.3 Å². The topological polar surface area (TPSA) is 119 Å². The Balaban J connectivity index is 0.000000271. The molecule has 0 aromatic carbocycles. The van der Waals surface area contributed by atoms with Crippen molar-refractivity contribution in [3.63, 3.8) is 0 Å². The van der Waals surface area contributed by atoms with E-state index < -0.39 is 11.9 Å². The summed E-state index contributed by atoms with van der Waals surface area (Å²) in [6, 6.07) is 0. The van der Waals surface area contributed by atoms with Crippen LogP contribution in [0.3, 0.4) is 0 Å². The molecule has 27 heavy (non-hydrogen) atoms. The van der Waals surface area contributed by atoms with Crippen molar-refractivity contribution in [2.24, 2.45) is 0 Å². The van der Waals surface area contributed by atoms with Gasteiger partial charge in [-0.1, -0.05) is 27.7 Å². The highest BCUT2D eigenvalue weighted by atomic mass is 32.1. The predicted molar refractivity (Wildman–Crippen MR) is 109 cm³/mol. The van der Waals surface area contributed by atoms with Gasteiger partial charge in [-0.05, 0) is 11.8 Å². The van der Waals surface area contributed by atoms with Crippen molar-refractivity contribution < 1.29 is 19.4 Å². The molecular formula is C17H26N4O4S2. The number of rotatable bonds is 5. The Morgan fingerprint density at radius 2 is 1.56 bits per heavy atom. The Morgan fingerprint density at radius 1 is 1.04 bits per heavy atom. The molecule has 2 heterocycles. The van der Waals surface area contributed by atoms with Crippen LogP contribution in [0.25, 0.3) is 0 Å². The maximum Gasteiger partial charge on any atom is 0.357 e. The van der Waals surface area contributed by atoms with Crippen LogP contribution in [-0.2, 0) is 4.74 Å². The fourth-order valence-corrected chi connectivity index (χ4v) is 3.84. The number of nitrogens with zero attached hydrogens (tertiary/aromatic N) is 3. The minimum absolute atomic E-state index is 0.189. The number of carboxylic acid groups (broad SMARTS) is 1. The highest BCUT2D eigenvalue weighted by Crippen LogP contribution is 2.31. The van der Waals surface area contributed by atoms with Gasteiger partial charge >= 0.3 is 11.9 Å². The van der Waals surface area contributed by atoms with E-state index in [4.69, 9.17) is 10.8 Å². The number of aromatic carboxylic acids is 1. The fourth-order valence-electron chi connectivity index (χ4n) is 2.04. The molecule has 2 aromatic heterocycles. The van der Waals surface area contributed by atoms with Gasteiger partial charge in [-0.15, -0.1) is 22.7 Å². The molecular weight excluding hydrogens is 388 g/mol. The Bertz CT molecular complexity index is 797. The van der Waals surface area contributed by atoms with Crippen LogP contribution < -0.4 is 10.6 Å². The average Bonchev–Trinajstić information content (AvgIpc) is 3.18. The molecule has 0 saturated heterocycles. The SMILES string of the molecule is CC(C)c1sc(N(C)C)nc1C(=O)O.COC(=O)c1nc(N)sc1C(C)C. The molecule has 0 aliphatic carbocycles.